The first-order chi connectivity index (χ1) is 21.7. The number of fused-ring (bicyclic) bond motifs is 1. The first kappa shape index (κ1) is 29.6. The van der Waals surface area contributed by atoms with Gasteiger partial charge in [-0.1, -0.05) is 31.2 Å². The number of carbonyl (C=O) groups is 1. The number of thiophene rings is 1. The van der Waals surface area contributed by atoms with E-state index in [9.17, 15) is 19.5 Å². The molecule has 0 saturated heterocycles. The number of hydrogen-bond donors (Lipinski definition) is 0. The maximum absolute atomic E-state index is 15.7. The van der Waals surface area contributed by atoms with Gasteiger partial charge in [-0.25, -0.2) is 18.6 Å². The molecule has 0 N–H and O–H groups in total. The molecular weight excluding hydrogens is 606 g/mol. The van der Waals surface area contributed by atoms with Crippen molar-refractivity contribution in [1.82, 2.24) is 19.3 Å². The lowest BCUT2D eigenvalue weighted by Crippen LogP contribution is -2.41. The lowest BCUT2D eigenvalue weighted by molar-refractivity contribution is -0.303. The zero-order valence-corrected chi connectivity index (χ0v) is 24.7. The second-order valence-corrected chi connectivity index (χ2v) is 11.2. The van der Waals surface area contributed by atoms with E-state index in [4.69, 9.17) is 4.74 Å². The molecule has 13 heteroatoms. The highest BCUT2D eigenvalue weighted by Crippen LogP contribution is 2.33. The van der Waals surface area contributed by atoms with Crippen LogP contribution in [0.3, 0.4) is 0 Å². The molecule has 0 amide bonds. The minimum Gasteiger partial charge on any atom is -0.528 e. The summed E-state index contributed by atoms with van der Waals surface area (Å²) in [5, 5.41) is 15.2. The predicted octanol–water partition coefficient (Wildman–Crippen LogP) is 4.80. The summed E-state index contributed by atoms with van der Waals surface area (Å²) >= 11 is 1.17. The molecule has 0 saturated carbocycles. The van der Waals surface area contributed by atoms with Gasteiger partial charge in [0.1, 0.15) is 22.2 Å². The van der Waals surface area contributed by atoms with Gasteiger partial charge in [0, 0.05) is 21.6 Å². The summed E-state index contributed by atoms with van der Waals surface area (Å²) in [5.74, 6) is -1.90. The highest BCUT2D eigenvalue weighted by Gasteiger charge is 2.22. The molecular formula is C32H23F2N4O6S-. The molecule has 3 aromatic heterocycles. The molecule has 6 rings (SSSR count). The van der Waals surface area contributed by atoms with Gasteiger partial charge in [0.2, 0.25) is 0 Å². The van der Waals surface area contributed by atoms with Crippen molar-refractivity contribution in [3.8, 4) is 34.3 Å². The van der Waals surface area contributed by atoms with Crippen molar-refractivity contribution in [3.05, 3.63) is 115 Å². The highest BCUT2D eigenvalue weighted by atomic mass is 32.1. The molecule has 0 radical (unpaired) electrons. The number of rotatable bonds is 9. The van der Waals surface area contributed by atoms with Gasteiger partial charge in [0.25, 0.3) is 5.56 Å². The molecule has 0 unspecified atom stereocenters. The Kier molecular flexibility index (Phi) is 7.85. The fourth-order valence-electron chi connectivity index (χ4n) is 5.03. The summed E-state index contributed by atoms with van der Waals surface area (Å²) in [4.78, 5) is 45.0. The number of nitrogens with zero attached hydrogens (tertiary/aromatic N) is 4. The molecule has 0 spiro atoms. The van der Waals surface area contributed by atoms with Gasteiger partial charge in [0.15, 0.2) is 17.7 Å². The summed E-state index contributed by atoms with van der Waals surface area (Å²) in [6.45, 7) is 0.764. The van der Waals surface area contributed by atoms with Crippen molar-refractivity contribution in [2.45, 2.75) is 26.4 Å². The van der Waals surface area contributed by atoms with Crippen molar-refractivity contribution >= 4 is 27.3 Å². The number of benzene rings is 3. The Balaban J connectivity index is 1.42. The molecule has 45 heavy (non-hydrogen) atoms. The van der Waals surface area contributed by atoms with Crippen molar-refractivity contribution in [3.63, 3.8) is 0 Å². The monoisotopic (exact) mass is 629 g/mol. The van der Waals surface area contributed by atoms with Crippen LogP contribution in [0.15, 0.2) is 80.8 Å². The maximum atomic E-state index is 15.7. The van der Waals surface area contributed by atoms with E-state index in [2.05, 4.69) is 14.7 Å². The van der Waals surface area contributed by atoms with E-state index in [0.29, 0.717) is 23.3 Å². The number of aromatic nitrogens is 4. The van der Waals surface area contributed by atoms with Crippen LogP contribution < -0.4 is 21.1 Å². The topological polar surface area (TPSA) is 132 Å². The molecule has 0 atom stereocenters. The standard InChI is InChI=1S/C32H24F2N4O6S/c1-3-20-14-23-29(40)37(16-27(39)17-8-10-19(43-2)11-9-17)32(42)38(30(23)45-20)15-24-25(33)12-18(13-26(24)34)21-6-4-5-7-22(21)28-35-31(41)44-36-28/h4-14H,3,15-16H2,1-2H3,(H,35,36,41)/p-1. The van der Waals surface area contributed by atoms with Gasteiger partial charge in [-0.2, -0.15) is 5.16 Å². The first-order valence-corrected chi connectivity index (χ1v) is 14.5. The largest absolute Gasteiger partial charge is 0.528 e. The molecule has 6 aromatic rings. The Morgan fingerprint density at radius 3 is 2.31 bits per heavy atom. The van der Waals surface area contributed by atoms with Crippen molar-refractivity contribution in [1.29, 1.82) is 0 Å². The highest BCUT2D eigenvalue weighted by molar-refractivity contribution is 7.18. The average molecular weight is 630 g/mol. The lowest BCUT2D eigenvalue weighted by atomic mass is 9.97. The smallest absolute Gasteiger partial charge is 0.332 e. The van der Waals surface area contributed by atoms with Crippen molar-refractivity contribution in [2.24, 2.45) is 0 Å². The summed E-state index contributed by atoms with van der Waals surface area (Å²) in [6, 6.07) is 16.5. The van der Waals surface area contributed by atoms with E-state index in [0.717, 1.165) is 26.1 Å². The van der Waals surface area contributed by atoms with E-state index in [1.807, 2.05) is 6.92 Å². The number of methoxy groups -OCH3 is 1. The Morgan fingerprint density at radius 1 is 1.00 bits per heavy atom. The molecule has 228 valence electrons. The maximum Gasteiger partial charge on any atom is 0.332 e. The normalized spacial score (nSPS) is 11.3. The second-order valence-electron chi connectivity index (χ2n) is 10.0. The lowest BCUT2D eigenvalue weighted by Gasteiger charge is -2.14. The minimum atomic E-state index is -0.947. The average Bonchev–Trinajstić information content (AvgIpc) is 3.69. The molecule has 3 aromatic carbocycles. The molecule has 0 aliphatic carbocycles. The Bertz CT molecular complexity index is 2180. The van der Waals surface area contributed by atoms with Crippen LogP contribution in [0.4, 0.5) is 8.78 Å². The van der Waals surface area contributed by atoms with Crippen LogP contribution in [0.1, 0.15) is 27.7 Å². The minimum absolute atomic E-state index is 0.0368. The van der Waals surface area contributed by atoms with E-state index in [1.165, 1.54) is 30.6 Å². The van der Waals surface area contributed by atoms with Gasteiger partial charge in [-0.15, -0.1) is 11.3 Å². The number of ether oxygens (including phenoxy) is 1. The molecule has 0 fully saturated rings. The Hall–Kier alpha value is -5.43. The zero-order chi connectivity index (χ0) is 31.8. The second kappa shape index (κ2) is 11.9. The summed E-state index contributed by atoms with van der Waals surface area (Å²) in [5.41, 5.74) is -0.894. The van der Waals surface area contributed by atoms with Crippen molar-refractivity contribution < 1.29 is 27.9 Å². The summed E-state index contributed by atoms with van der Waals surface area (Å²) in [7, 11) is 1.48. The first-order valence-electron chi connectivity index (χ1n) is 13.7. The van der Waals surface area contributed by atoms with Gasteiger partial charge < -0.3 is 14.4 Å². The van der Waals surface area contributed by atoms with E-state index >= 15 is 8.78 Å². The van der Waals surface area contributed by atoms with E-state index < -0.39 is 53.4 Å². The van der Waals surface area contributed by atoms with Gasteiger partial charge in [-0.3, -0.25) is 18.7 Å². The third kappa shape index (κ3) is 5.53. The number of aryl methyl sites for hydroxylation is 1. The van der Waals surface area contributed by atoms with Crippen molar-refractivity contribution in [2.75, 3.05) is 7.11 Å². The third-order valence-corrected chi connectivity index (χ3v) is 8.65. The zero-order valence-electron chi connectivity index (χ0n) is 23.9. The third-order valence-electron chi connectivity index (χ3n) is 7.35. The van der Waals surface area contributed by atoms with Crippen LogP contribution in [-0.4, -0.2) is 32.2 Å². The van der Waals surface area contributed by atoms with Gasteiger partial charge in [0.05, 0.1) is 25.6 Å². The number of ketones is 1. The fraction of sp³-hybridized carbons (Fsp3) is 0.156. The summed E-state index contributed by atoms with van der Waals surface area (Å²) in [6.07, 6.45) is -0.348. The number of carbonyl (C=O) groups excluding carboxylic acids is 1. The predicted molar refractivity (Wildman–Crippen MR) is 161 cm³/mol. The van der Waals surface area contributed by atoms with E-state index in [-0.39, 0.29) is 27.2 Å². The SMILES string of the molecule is CCc1cc2c(=O)n(CC(=O)c3ccc(OC)cc3)c(=O)n(Cc3c(F)cc(-c4ccccc4-c4noc([O-])n4)cc3F)c2s1. The Morgan fingerprint density at radius 2 is 1.69 bits per heavy atom. The fourth-order valence-corrected chi connectivity index (χ4v) is 6.11. The quantitative estimate of drug-likeness (QED) is 0.209. The van der Waals surface area contributed by atoms with Crippen LogP contribution in [0.5, 0.6) is 11.8 Å². The van der Waals surface area contributed by atoms with Crippen LogP contribution in [0, 0.1) is 11.6 Å². The number of halogens is 2. The van der Waals surface area contributed by atoms with Gasteiger partial charge in [-0.05, 0) is 60.0 Å². The van der Waals surface area contributed by atoms with Crippen LogP contribution in [0.2, 0.25) is 0 Å². The number of Topliss-reactive ketones (excluding diaryl/α,β-unsaturated/α-hetero) is 1. The van der Waals surface area contributed by atoms with Gasteiger partial charge >= 0.3 is 5.69 Å². The van der Waals surface area contributed by atoms with E-state index in [1.54, 1.807) is 42.5 Å². The molecule has 0 aliphatic heterocycles. The van der Waals surface area contributed by atoms with Crippen LogP contribution >= 0.6 is 11.3 Å². The molecule has 3 heterocycles. The van der Waals surface area contributed by atoms with Crippen LogP contribution in [-0.2, 0) is 19.5 Å². The number of hydrogen-bond acceptors (Lipinski definition) is 9. The molecule has 0 bridgehead atoms. The Labute approximate surface area is 257 Å². The molecule has 10 nitrogen and oxygen atoms in total. The summed E-state index contributed by atoms with van der Waals surface area (Å²) < 4.78 is 43.0. The molecule has 0 aliphatic rings. The van der Waals surface area contributed by atoms with Crippen LogP contribution in [0.25, 0.3) is 32.7 Å².